The molecule has 0 saturated heterocycles. The number of ether oxygens (including phenoxy) is 1. The zero-order valence-electron chi connectivity index (χ0n) is 10.6. The first-order chi connectivity index (χ1) is 8.75. The van der Waals surface area contributed by atoms with E-state index in [9.17, 15) is 0 Å². The summed E-state index contributed by atoms with van der Waals surface area (Å²) in [5.74, 6) is 0.916. The second-order valence-corrected chi connectivity index (χ2v) is 4.33. The number of aromatic nitrogens is 1. The van der Waals surface area contributed by atoms with Gasteiger partial charge in [-0.1, -0.05) is 0 Å². The molecule has 0 spiro atoms. The Labute approximate surface area is 108 Å². The zero-order chi connectivity index (χ0) is 12.8. The number of pyridine rings is 1. The van der Waals surface area contributed by atoms with E-state index in [1.54, 1.807) is 0 Å². The largest absolute Gasteiger partial charge is 0.493 e. The van der Waals surface area contributed by atoms with E-state index in [0.29, 0.717) is 6.61 Å². The first kappa shape index (κ1) is 12.4. The lowest BCUT2D eigenvalue weighted by Gasteiger charge is -2.09. The zero-order valence-corrected chi connectivity index (χ0v) is 10.6. The third kappa shape index (κ3) is 3.48. The highest BCUT2D eigenvalue weighted by molar-refractivity contribution is 5.47. The first-order valence-electron chi connectivity index (χ1n) is 6.13. The van der Waals surface area contributed by atoms with Gasteiger partial charge in [-0.2, -0.15) is 0 Å². The third-order valence-electron chi connectivity index (χ3n) is 2.82. The van der Waals surface area contributed by atoms with Crippen LogP contribution in [0, 0.1) is 6.92 Å². The van der Waals surface area contributed by atoms with Crippen LogP contribution < -0.4 is 10.5 Å². The minimum absolute atomic E-state index is 0.715. The van der Waals surface area contributed by atoms with Crippen molar-refractivity contribution < 1.29 is 4.74 Å². The van der Waals surface area contributed by atoms with Gasteiger partial charge in [0.15, 0.2) is 0 Å². The van der Waals surface area contributed by atoms with Gasteiger partial charge in [0.2, 0.25) is 0 Å². The van der Waals surface area contributed by atoms with Crippen LogP contribution in [0.15, 0.2) is 42.7 Å². The molecule has 1 aromatic carbocycles. The second-order valence-electron chi connectivity index (χ2n) is 4.33. The summed E-state index contributed by atoms with van der Waals surface area (Å²) in [6.45, 7) is 2.72. The molecule has 0 aliphatic carbocycles. The Balaban J connectivity index is 1.79. The highest BCUT2D eigenvalue weighted by Gasteiger charge is 1.99. The fourth-order valence-electron chi connectivity index (χ4n) is 1.84. The summed E-state index contributed by atoms with van der Waals surface area (Å²) < 4.78 is 5.74. The van der Waals surface area contributed by atoms with Gasteiger partial charge in [0, 0.05) is 18.1 Å². The summed E-state index contributed by atoms with van der Waals surface area (Å²) in [5.41, 5.74) is 8.85. The molecular formula is C15H18N2O. The molecule has 0 aliphatic rings. The van der Waals surface area contributed by atoms with Crippen LogP contribution >= 0.6 is 0 Å². The number of nitrogens with two attached hydrogens (primary N) is 1. The van der Waals surface area contributed by atoms with Crippen LogP contribution in [0.2, 0.25) is 0 Å². The number of hydrogen-bond acceptors (Lipinski definition) is 3. The Bertz CT molecular complexity index is 497. The molecule has 1 aromatic heterocycles. The standard InChI is InChI=1S/C15H18N2O/c1-12-11-14(16)4-5-15(12)18-10-2-3-13-6-8-17-9-7-13/h4-9,11H,2-3,10,16H2,1H3. The van der Waals surface area contributed by atoms with E-state index in [1.807, 2.05) is 49.6 Å². The summed E-state index contributed by atoms with van der Waals surface area (Å²) in [6, 6.07) is 9.80. The molecule has 1 heterocycles. The Hall–Kier alpha value is -2.03. The van der Waals surface area contributed by atoms with Gasteiger partial charge in [0.05, 0.1) is 6.61 Å². The van der Waals surface area contributed by atoms with E-state index in [0.717, 1.165) is 29.8 Å². The van der Waals surface area contributed by atoms with Gasteiger partial charge in [-0.15, -0.1) is 0 Å². The van der Waals surface area contributed by atoms with Crippen LogP contribution in [0.5, 0.6) is 5.75 Å². The monoisotopic (exact) mass is 242 g/mol. The topological polar surface area (TPSA) is 48.1 Å². The molecule has 18 heavy (non-hydrogen) atoms. The average Bonchev–Trinajstić information content (AvgIpc) is 2.38. The van der Waals surface area contributed by atoms with Gasteiger partial charge < -0.3 is 10.5 Å². The number of rotatable bonds is 5. The number of aryl methyl sites for hydroxylation is 2. The predicted octanol–water partition coefficient (Wildman–Crippen LogP) is 2.98. The normalized spacial score (nSPS) is 10.3. The number of anilines is 1. The molecule has 3 nitrogen and oxygen atoms in total. The van der Waals surface area contributed by atoms with Crippen LogP contribution in [0.3, 0.4) is 0 Å². The smallest absolute Gasteiger partial charge is 0.122 e. The Morgan fingerprint density at radius 2 is 1.94 bits per heavy atom. The number of benzene rings is 1. The molecule has 0 aliphatic heterocycles. The Kier molecular flexibility index (Phi) is 4.18. The fourth-order valence-corrected chi connectivity index (χ4v) is 1.84. The summed E-state index contributed by atoms with van der Waals surface area (Å²) in [5, 5.41) is 0. The predicted molar refractivity (Wildman–Crippen MR) is 73.6 cm³/mol. The molecule has 0 unspecified atom stereocenters. The Morgan fingerprint density at radius 3 is 2.67 bits per heavy atom. The lowest BCUT2D eigenvalue weighted by atomic mass is 10.1. The fraction of sp³-hybridized carbons (Fsp3) is 0.267. The molecule has 0 fully saturated rings. The van der Waals surface area contributed by atoms with Crippen LogP contribution in [0.25, 0.3) is 0 Å². The van der Waals surface area contributed by atoms with Crippen LogP contribution in [-0.4, -0.2) is 11.6 Å². The quantitative estimate of drug-likeness (QED) is 0.647. The molecule has 2 aromatic rings. The lowest BCUT2D eigenvalue weighted by Crippen LogP contribution is -2.01. The van der Waals surface area contributed by atoms with Gasteiger partial charge in [-0.25, -0.2) is 0 Å². The van der Waals surface area contributed by atoms with Crippen molar-refractivity contribution in [3.63, 3.8) is 0 Å². The molecule has 94 valence electrons. The number of nitrogens with zero attached hydrogens (tertiary/aromatic N) is 1. The van der Waals surface area contributed by atoms with Gasteiger partial charge >= 0.3 is 0 Å². The molecule has 2 rings (SSSR count). The van der Waals surface area contributed by atoms with Gasteiger partial charge in [-0.05, 0) is 61.2 Å². The minimum atomic E-state index is 0.715. The van der Waals surface area contributed by atoms with E-state index < -0.39 is 0 Å². The molecule has 0 amide bonds. The van der Waals surface area contributed by atoms with Gasteiger partial charge in [-0.3, -0.25) is 4.98 Å². The minimum Gasteiger partial charge on any atom is -0.493 e. The maximum atomic E-state index is 5.74. The molecule has 2 N–H and O–H groups in total. The van der Waals surface area contributed by atoms with E-state index in [-0.39, 0.29) is 0 Å². The lowest BCUT2D eigenvalue weighted by molar-refractivity contribution is 0.309. The van der Waals surface area contributed by atoms with Crippen molar-refractivity contribution in [3.8, 4) is 5.75 Å². The van der Waals surface area contributed by atoms with E-state index in [4.69, 9.17) is 10.5 Å². The number of hydrogen-bond donors (Lipinski definition) is 1. The molecule has 0 radical (unpaired) electrons. The van der Waals surface area contributed by atoms with Crippen LogP contribution in [0.1, 0.15) is 17.5 Å². The van der Waals surface area contributed by atoms with Crippen molar-refractivity contribution >= 4 is 5.69 Å². The maximum absolute atomic E-state index is 5.74. The van der Waals surface area contributed by atoms with E-state index in [1.165, 1.54) is 5.56 Å². The SMILES string of the molecule is Cc1cc(N)ccc1OCCCc1ccncc1. The number of nitrogen functional groups attached to an aromatic ring is 1. The molecule has 0 bridgehead atoms. The molecule has 3 heteroatoms. The van der Waals surface area contributed by atoms with Crippen LogP contribution in [-0.2, 0) is 6.42 Å². The van der Waals surface area contributed by atoms with Crippen molar-refractivity contribution in [3.05, 3.63) is 53.9 Å². The van der Waals surface area contributed by atoms with Crippen LogP contribution in [0.4, 0.5) is 5.69 Å². The van der Waals surface area contributed by atoms with E-state index >= 15 is 0 Å². The second kappa shape index (κ2) is 6.05. The van der Waals surface area contributed by atoms with Crippen molar-refractivity contribution in [2.45, 2.75) is 19.8 Å². The summed E-state index contributed by atoms with van der Waals surface area (Å²) in [6.07, 6.45) is 5.64. The summed E-state index contributed by atoms with van der Waals surface area (Å²) in [4.78, 5) is 4.00. The molecule has 0 saturated carbocycles. The highest BCUT2D eigenvalue weighted by Crippen LogP contribution is 2.20. The summed E-state index contributed by atoms with van der Waals surface area (Å²) in [7, 11) is 0. The molecular weight excluding hydrogens is 224 g/mol. The van der Waals surface area contributed by atoms with Crippen molar-refractivity contribution in [1.29, 1.82) is 0 Å². The van der Waals surface area contributed by atoms with Gasteiger partial charge in [0.25, 0.3) is 0 Å². The average molecular weight is 242 g/mol. The van der Waals surface area contributed by atoms with Gasteiger partial charge in [0.1, 0.15) is 5.75 Å². The van der Waals surface area contributed by atoms with Crippen molar-refractivity contribution in [2.24, 2.45) is 0 Å². The summed E-state index contributed by atoms with van der Waals surface area (Å²) >= 11 is 0. The third-order valence-corrected chi connectivity index (χ3v) is 2.82. The molecule has 0 atom stereocenters. The first-order valence-corrected chi connectivity index (χ1v) is 6.13. The maximum Gasteiger partial charge on any atom is 0.122 e. The highest BCUT2D eigenvalue weighted by atomic mass is 16.5. The van der Waals surface area contributed by atoms with E-state index in [2.05, 4.69) is 4.98 Å². The van der Waals surface area contributed by atoms with Crippen molar-refractivity contribution in [2.75, 3.05) is 12.3 Å². The Morgan fingerprint density at radius 1 is 1.17 bits per heavy atom. The van der Waals surface area contributed by atoms with Crippen molar-refractivity contribution in [1.82, 2.24) is 4.98 Å².